The summed E-state index contributed by atoms with van der Waals surface area (Å²) >= 11 is 0. The number of sulfonamides is 1. The Morgan fingerprint density at radius 1 is 1.07 bits per heavy atom. The Labute approximate surface area is 180 Å². The van der Waals surface area contributed by atoms with Crippen LogP contribution in [-0.4, -0.2) is 59.5 Å². The first-order chi connectivity index (χ1) is 14.3. The molecule has 8 heteroatoms. The summed E-state index contributed by atoms with van der Waals surface area (Å²) in [5.41, 5.74) is 3.14. The van der Waals surface area contributed by atoms with Crippen LogP contribution < -0.4 is 15.5 Å². The van der Waals surface area contributed by atoms with Gasteiger partial charge in [-0.05, 0) is 43.2 Å². The van der Waals surface area contributed by atoms with E-state index < -0.39 is 10.0 Å². The maximum atomic E-state index is 12.6. The van der Waals surface area contributed by atoms with Gasteiger partial charge in [0.2, 0.25) is 10.0 Å². The minimum atomic E-state index is -3.50. The maximum absolute atomic E-state index is 12.6. The van der Waals surface area contributed by atoms with E-state index in [-0.39, 0.29) is 0 Å². The second-order valence-electron chi connectivity index (χ2n) is 7.17. The number of aliphatic imine (C=N–C) groups is 1. The molecule has 0 atom stereocenters. The van der Waals surface area contributed by atoms with Crippen LogP contribution in [0.5, 0.6) is 0 Å². The van der Waals surface area contributed by atoms with Crippen molar-refractivity contribution in [2.24, 2.45) is 4.99 Å². The molecule has 0 aromatic heterocycles. The van der Waals surface area contributed by atoms with Crippen molar-refractivity contribution >= 4 is 21.7 Å². The summed E-state index contributed by atoms with van der Waals surface area (Å²) < 4.78 is 26.3. The fourth-order valence-corrected chi connectivity index (χ4v) is 4.22. The van der Waals surface area contributed by atoms with Gasteiger partial charge in [0.15, 0.2) is 5.96 Å². The number of rotatable bonds is 9. The number of benzene rings is 2. The molecule has 0 aliphatic carbocycles. The molecule has 0 amide bonds. The van der Waals surface area contributed by atoms with Crippen LogP contribution in [0.25, 0.3) is 0 Å². The molecule has 0 heterocycles. The molecule has 0 radical (unpaired) electrons. The van der Waals surface area contributed by atoms with E-state index in [0.717, 1.165) is 13.1 Å². The van der Waals surface area contributed by atoms with E-state index in [1.54, 1.807) is 19.2 Å². The quantitative estimate of drug-likeness (QED) is 0.471. The number of nitrogens with one attached hydrogen (secondary N) is 2. The van der Waals surface area contributed by atoms with Gasteiger partial charge in [-0.2, -0.15) is 0 Å². The molecular weight excluding hydrogens is 398 g/mol. The van der Waals surface area contributed by atoms with Crippen LogP contribution >= 0.6 is 0 Å². The van der Waals surface area contributed by atoms with Gasteiger partial charge >= 0.3 is 0 Å². The molecule has 0 fully saturated rings. The molecule has 0 bridgehead atoms. The molecular formula is C22H33N5O2S. The zero-order valence-electron chi connectivity index (χ0n) is 18.5. The highest BCUT2D eigenvalue weighted by molar-refractivity contribution is 7.89. The molecule has 0 aliphatic rings. The zero-order valence-corrected chi connectivity index (χ0v) is 19.3. The highest BCUT2D eigenvalue weighted by atomic mass is 32.2. The topological polar surface area (TPSA) is 77.0 Å². The standard InChI is InChI=1S/C22H33N5O2S/c1-6-27(20-12-9-10-18(2)16-20)15-14-24-22(23-3)25-17-19-11-7-8-13-21(19)30(28,29)26(4)5/h7-13,16H,6,14-15,17H2,1-5H3,(H2,23,24,25). The van der Waals surface area contributed by atoms with Gasteiger partial charge in [-0.3, -0.25) is 4.99 Å². The summed E-state index contributed by atoms with van der Waals surface area (Å²) in [5, 5.41) is 6.52. The molecule has 2 aromatic rings. The fourth-order valence-electron chi connectivity index (χ4n) is 3.10. The van der Waals surface area contributed by atoms with Crippen LogP contribution in [-0.2, 0) is 16.6 Å². The SMILES string of the molecule is CCN(CCNC(=NC)NCc1ccccc1S(=O)(=O)N(C)C)c1cccc(C)c1. The Kier molecular flexibility index (Phi) is 8.68. The molecule has 0 saturated carbocycles. The summed E-state index contributed by atoms with van der Waals surface area (Å²) in [7, 11) is 1.27. The summed E-state index contributed by atoms with van der Waals surface area (Å²) in [6.45, 7) is 7.03. The van der Waals surface area contributed by atoms with Gasteiger partial charge < -0.3 is 15.5 Å². The van der Waals surface area contributed by atoms with Crippen molar-refractivity contribution in [1.29, 1.82) is 0 Å². The Bertz CT molecular complexity index is 958. The van der Waals surface area contributed by atoms with E-state index in [0.29, 0.717) is 29.5 Å². The second-order valence-corrected chi connectivity index (χ2v) is 9.29. The van der Waals surface area contributed by atoms with Gasteiger partial charge in [0.05, 0.1) is 4.90 Å². The van der Waals surface area contributed by atoms with Crippen LogP contribution in [0.15, 0.2) is 58.4 Å². The van der Waals surface area contributed by atoms with Gasteiger partial charge in [-0.25, -0.2) is 12.7 Å². The third kappa shape index (κ3) is 6.21. The van der Waals surface area contributed by atoms with Crippen LogP contribution in [0, 0.1) is 6.92 Å². The summed E-state index contributed by atoms with van der Waals surface area (Å²) in [6, 6.07) is 15.5. The largest absolute Gasteiger partial charge is 0.370 e. The zero-order chi connectivity index (χ0) is 22.1. The molecule has 0 spiro atoms. The number of anilines is 1. The monoisotopic (exact) mass is 431 g/mol. The number of hydrogen-bond acceptors (Lipinski definition) is 4. The lowest BCUT2D eigenvalue weighted by molar-refractivity contribution is 0.519. The normalized spacial score (nSPS) is 12.1. The van der Waals surface area contributed by atoms with Crippen molar-refractivity contribution in [3.8, 4) is 0 Å². The fraction of sp³-hybridized carbons (Fsp3) is 0.409. The smallest absolute Gasteiger partial charge is 0.242 e. The summed E-state index contributed by atoms with van der Waals surface area (Å²) in [6.07, 6.45) is 0. The number of hydrogen-bond donors (Lipinski definition) is 2. The third-order valence-electron chi connectivity index (χ3n) is 4.82. The van der Waals surface area contributed by atoms with Crippen LogP contribution in [0.4, 0.5) is 5.69 Å². The van der Waals surface area contributed by atoms with Gasteiger partial charge in [-0.15, -0.1) is 0 Å². The summed E-state index contributed by atoms with van der Waals surface area (Å²) in [4.78, 5) is 6.85. The number of nitrogens with zero attached hydrogens (tertiary/aromatic N) is 3. The molecule has 2 rings (SSSR count). The average molecular weight is 432 g/mol. The number of likely N-dealkylation sites (N-methyl/N-ethyl adjacent to an activating group) is 1. The lowest BCUT2D eigenvalue weighted by atomic mass is 10.2. The Morgan fingerprint density at radius 3 is 2.43 bits per heavy atom. The van der Waals surface area contributed by atoms with Gasteiger partial charge in [0.1, 0.15) is 0 Å². The second kappa shape index (κ2) is 11.0. The Hall–Kier alpha value is -2.58. The highest BCUT2D eigenvalue weighted by Crippen LogP contribution is 2.18. The van der Waals surface area contributed by atoms with Crippen molar-refractivity contribution in [2.75, 3.05) is 45.7 Å². The first-order valence-electron chi connectivity index (χ1n) is 10.1. The van der Waals surface area contributed by atoms with Crippen molar-refractivity contribution in [3.05, 3.63) is 59.7 Å². The predicted molar refractivity (Wildman–Crippen MR) is 125 cm³/mol. The average Bonchev–Trinajstić information content (AvgIpc) is 2.73. The molecule has 7 nitrogen and oxygen atoms in total. The first kappa shape index (κ1) is 23.7. The molecule has 2 N–H and O–H groups in total. The lowest BCUT2D eigenvalue weighted by Gasteiger charge is -2.24. The van der Waals surface area contributed by atoms with E-state index in [1.165, 1.54) is 29.7 Å². The van der Waals surface area contributed by atoms with E-state index in [4.69, 9.17) is 0 Å². The minimum absolute atomic E-state index is 0.301. The maximum Gasteiger partial charge on any atom is 0.242 e. The van der Waals surface area contributed by atoms with E-state index in [1.807, 2.05) is 12.1 Å². The van der Waals surface area contributed by atoms with E-state index in [2.05, 4.69) is 58.6 Å². The molecule has 30 heavy (non-hydrogen) atoms. The molecule has 0 unspecified atom stereocenters. The molecule has 164 valence electrons. The van der Waals surface area contributed by atoms with Gasteiger partial charge in [-0.1, -0.05) is 30.3 Å². The van der Waals surface area contributed by atoms with Gasteiger partial charge in [0, 0.05) is 53.0 Å². The van der Waals surface area contributed by atoms with Crippen molar-refractivity contribution in [2.45, 2.75) is 25.3 Å². The predicted octanol–water partition coefficient (Wildman–Crippen LogP) is 2.44. The molecule has 0 aliphatic heterocycles. The minimum Gasteiger partial charge on any atom is -0.370 e. The van der Waals surface area contributed by atoms with Gasteiger partial charge in [0.25, 0.3) is 0 Å². The van der Waals surface area contributed by atoms with Crippen molar-refractivity contribution in [1.82, 2.24) is 14.9 Å². The highest BCUT2D eigenvalue weighted by Gasteiger charge is 2.20. The Morgan fingerprint density at radius 2 is 1.80 bits per heavy atom. The van der Waals surface area contributed by atoms with Crippen molar-refractivity contribution < 1.29 is 8.42 Å². The van der Waals surface area contributed by atoms with Crippen LogP contribution in [0.3, 0.4) is 0 Å². The summed E-state index contributed by atoms with van der Waals surface area (Å²) in [5.74, 6) is 0.632. The third-order valence-corrected chi connectivity index (χ3v) is 6.74. The van der Waals surface area contributed by atoms with E-state index >= 15 is 0 Å². The lowest BCUT2D eigenvalue weighted by Crippen LogP contribution is -2.41. The van der Waals surface area contributed by atoms with Crippen LogP contribution in [0.2, 0.25) is 0 Å². The Balaban J connectivity index is 1.96. The van der Waals surface area contributed by atoms with Crippen LogP contribution in [0.1, 0.15) is 18.1 Å². The molecule has 0 saturated heterocycles. The van der Waals surface area contributed by atoms with E-state index in [9.17, 15) is 8.42 Å². The first-order valence-corrected chi connectivity index (χ1v) is 11.5. The molecule has 2 aromatic carbocycles. The van der Waals surface area contributed by atoms with Crippen molar-refractivity contribution in [3.63, 3.8) is 0 Å². The number of aryl methyl sites for hydroxylation is 1. The number of guanidine groups is 1.